The molecule has 0 bridgehead atoms. The van der Waals surface area contributed by atoms with Crippen LogP contribution in [0.3, 0.4) is 0 Å². The third kappa shape index (κ3) is 4.67. The first-order valence-electron chi connectivity index (χ1n) is 7.53. The first-order valence-corrected chi connectivity index (χ1v) is 7.53. The Hall–Kier alpha value is -2.20. The molecule has 4 heteroatoms. The molecule has 0 aliphatic rings. The molecule has 4 nitrogen and oxygen atoms in total. The van der Waals surface area contributed by atoms with Crippen LogP contribution >= 0.6 is 0 Å². The number of phenolic OH excluding ortho intramolecular Hbond substituents is 1. The predicted octanol–water partition coefficient (Wildman–Crippen LogP) is 3.02. The second kappa shape index (κ2) is 8.29. The minimum atomic E-state index is 0.186. The normalized spacial score (nSPS) is 10.5. The molecule has 0 heterocycles. The summed E-state index contributed by atoms with van der Waals surface area (Å²) in [4.78, 5) is 2.25. The number of rotatable bonds is 8. The van der Waals surface area contributed by atoms with Gasteiger partial charge < -0.3 is 20.1 Å². The van der Waals surface area contributed by atoms with Gasteiger partial charge in [-0.1, -0.05) is 24.3 Å². The van der Waals surface area contributed by atoms with Crippen LogP contribution in [0.25, 0.3) is 0 Å². The van der Waals surface area contributed by atoms with Gasteiger partial charge >= 0.3 is 0 Å². The molecule has 2 aromatic carbocycles. The van der Waals surface area contributed by atoms with Crippen molar-refractivity contribution < 1.29 is 9.84 Å². The quantitative estimate of drug-likeness (QED) is 0.736. The number of benzene rings is 2. The molecule has 118 valence electrons. The lowest BCUT2D eigenvalue weighted by Gasteiger charge is -2.19. The molecule has 0 aliphatic heterocycles. The van der Waals surface area contributed by atoms with Crippen molar-refractivity contribution in [2.24, 2.45) is 0 Å². The lowest BCUT2D eigenvalue weighted by Crippen LogP contribution is -2.23. The number of nitrogens with one attached hydrogen (secondary N) is 1. The molecule has 0 aromatic heterocycles. The van der Waals surface area contributed by atoms with Crippen LogP contribution in [0.1, 0.15) is 12.0 Å². The second-order valence-electron chi connectivity index (χ2n) is 5.29. The first-order chi connectivity index (χ1) is 10.7. The Bertz CT molecular complexity index is 573. The Morgan fingerprint density at radius 1 is 1.14 bits per heavy atom. The van der Waals surface area contributed by atoms with Gasteiger partial charge in [0.1, 0.15) is 0 Å². The highest BCUT2D eigenvalue weighted by atomic mass is 16.5. The van der Waals surface area contributed by atoms with Gasteiger partial charge in [0.05, 0.1) is 7.11 Å². The summed E-state index contributed by atoms with van der Waals surface area (Å²) in [7, 11) is 3.66. The third-order valence-electron chi connectivity index (χ3n) is 3.62. The molecule has 0 amide bonds. The Kier molecular flexibility index (Phi) is 6.10. The van der Waals surface area contributed by atoms with Crippen LogP contribution in [0.5, 0.6) is 11.5 Å². The van der Waals surface area contributed by atoms with Gasteiger partial charge in [0, 0.05) is 25.8 Å². The van der Waals surface area contributed by atoms with Gasteiger partial charge in [-0.2, -0.15) is 0 Å². The van der Waals surface area contributed by atoms with E-state index in [2.05, 4.69) is 41.5 Å². The standard InChI is InChI=1S/C18H24N2O2/c1-20(16-7-4-3-5-8-16)12-6-11-19-14-15-9-10-18(22-2)17(21)13-15/h3-5,7-10,13,19,21H,6,11-12,14H2,1-2H3. The number of para-hydroxylation sites is 1. The summed E-state index contributed by atoms with van der Waals surface area (Å²) >= 11 is 0. The zero-order chi connectivity index (χ0) is 15.8. The van der Waals surface area contributed by atoms with Gasteiger partial charge in [-0.05, 0) is 42.8 Å². The summed E-state index contributed by atoms with van der Waals surface area (Å²) in [6.45, 7) is 2.68. The predicted molar refractivity (Wildman–Crippen MR) is 90.7 cm³/mol. The average Bonchev–Trinajstić information content (AvgIpc) is 2.55. The molecule has 0 unspecified atom stereocenters. The minimum Gasteiger partial charge on any atom is -0.504 e. The molecule has 0 radical (unpaired) electrons. The molecular weight excluding hydrogens is 276 g/mol. The van der Waals surface area contributed by atoms with Crippen molar-refractivity contribution in [3.05, 3.63) is 54.1 Å². The average molecular weight is 300 g/mol. The lowest BCUT2D eigenvalue weighted by molar-refractivity contribution is 0.373. The number of hydrogen-bond donors (Lipinski definition) is 2. The fourth-order valence-electron chi connectivity index (χ4n) is 2.33. The van der Waals surface area contributed by atoms with Gasteiger partial charge in [0.15, 0.2) is 11.5 Å². The molecular formula is C18H24N2O2. The van der Waals surface area contributed by atoms with E-state index in [1.54, 1.807) is 19.2 Å². The van der Waals surface area contributed by atoms with E-state index < -0.39 is 0 Å². The Balaban J connectivity index is 1.68. The largest absolute Gasteiger partial charge is 0.504 e. The Morgan fingerprint density at radius 2 is 1.91 bits per heavy atom. The zero-order valence-corrected chi connectivity index (χ0v) is 13.2. The van der Waals surface area contributed by atoms with Crippen molar-refractivity contribution in [1.29, 1.82) is 0 Å². The van der Waals surface area contributed by atoms with Gasteiger partial charge in [-0.15, -0.1) is 0 Å². The van der Waals surface area contributed by atoms with Crippen molar-refractivity contribution in [2.75, 3.05) is 32.1 Å². The highest BCUT2D eigenvalue weighted by Gasteiger charge is 2.02. The molecule has 2 N–H and O–H groups in total. The van der Waals surface area contributed by atoms with E-state index in [0.29, 0.717) is 5.75 Å². The molecule has 0 fully saturated rings. The molecule has 0 atom stereocenters. The molecule has 2 aromatic rings. The van der Waals surface area contributed by atoms with Crippen molar-refractivity contribution in [2.45, 2.75) is 13.0 Å². The van der Waals surface area contributed by atoms with E-state index in [1.807, 2.05) is 12.1 Å². The molecule has 2 rings (SSSR count). The molecule has 0 spiro atoms. The van der Waals surface area contributed by atoms with E-state index in [1.165, 1.54) is 5.69 Å². The summed E-state index contributed by atoms with van der Waals surface area (Å²) in [6, 6.07) is 15.9. The first kappa shape index (κ1) is 16.2. The molecule has 22 heavy (non-hydrogen) atoms. The number of aromatic hydroxyl groups is 1. The summed E-state index contributed by atoms with van der Waals surface area (Å²) < 4.78 is 5.04. The zero-order valence-electron chi connectivity index (χ0n) is 13.2. The van der Waals surface area contributed by atoms with Crippen LogP contribution in [-0.2, 0) is 6.54 Å². The lowest BCUT2D eigenvalue weighted by atomic mass is 10.2. The van der Waals surface area contributed by atoms with Gasteiger partial charge in [0.25, 0.3) is 0 Å². The minimum absolute atomic E-state index is 0.186. The van der Waals surface area contributed by atoms with Crippen molar-refractivity contribution in [1.82, 2.24) is 5.32 Å². The number of methoxy groups -OCH3 is 1. The SMILES string of the molecule is COc1ccc(CNCCCN(C)c2ccccc2)cc1O. The van der Waals surface area contributed by atoms with Gasteiger partial charge in [-0.3, -0.25) is 0 Å². The number of nitrogens with zero attached hydrogens (tertiary/aromatic N) is 1. The van der Waals surface area contributed by atoms with E-state index in [4.69, 9.17) is 4.74 Å². The fraction of sp³-hybridized carbons (Fsp3) is 0.333. The number of phenols is 1. The smallest absolute Gasteiger partial charge is 0.160 e. The summed E-state index contributed by atoms with van der Waals surface area (Å²) in [6.07, 6.45) is 1.06. The van der Waals surface area contributed by atoms with Crippen LogP contribution in [-0.4, -0.2) is 32.4 Å². The Labute approximate surface area is 132 Å². The van der Waals surface area contributed by atoms with Crippen LogP contribution in [0, 0.1) is 0 Å². The van der Waals surface area contributed by atoms with Gasteiger partial charge in [0.2, 0.25) is 0 Å². The fourth-order valence-corrected chi connectivity index (χ4v) is 2.33. The van der Waals surface area contributed by atoms with Crippen LogP contribution in [0.15, 0.2) is 48.5 Å². The summed E-state index contributed by atoms with van der Waals surface area (Å²) in [5, 5.41) is 13.1. The van der Waals surface area contributed by atoms with Crippen molar-refractivity contribution in [3.8, 4) is 11.5 Å². The number of hydrogen-bond acceptors (Lipinski definition) is 4. The Morgan fingerprint density at radius 3 is 2.59 bits per heavy atom. The highest BCUT2D eigenvalue weighted by Crippen LogP contribution is 2.25. The molecule has 0 saturated heterocycles. The second-order valence-corrected chi connectivity index (χ2v) is 5.29. The van der Waals surface area contributed by atoms with Crippen molar-refractivity contribution >= 4 is 5.69 Å². The van der Waals surface area contributed by atoms with Crippen LogP contribution in [0.2, 0.25) is 0 Å². The maximum Gasteiger partial charge on any atom is 0.160 e. The van der Waals surface area contributed by atoms with Crippen LogP contribution < -0.4 is 15.0 Å². The molecule has 0 aliphatic carbocycles. The number of ether oxygens (including phenoxy) is 1. The van der Waals surface area contributed by atoms with E-state index in [0.717, 1.165) is 31.6 Å². The topological polar surface area (TPSA) is 44.7 Å². The summed E-state index contributed by atoms with van der Waals surface area (Å²) in [5.74, 6) is 0.693. The molecule has 0 saturated carbocycles. The highest BCUT2D eigenvalue weighted by molar-refractivity contribution is 5.44. The maximum absolute atomic E-state index is 9.73. The number of anilines is 1. The van der Waals surface area contributed by atoms with E-state index in [9.17, 15) is 5.11 Å². The van der Waals surface area contributed by atoms with Crippen molar-refractivity contribution in [3.63, 3.8) is 0 Å². The van der Waals surface area contributed by atoms with E-state index in [-0.39, 0.29) is 5.75 Å². The van der Waals surface area contributed by atoms with Gasteiger partial charge in [-0.25, -0.2) is 0 Å². The third-order valence-corrected chi connectivity index (χ3v) is 3.62. The van der Waals surface area contributed by atoms with Crippen LogP contribution in [0.4, 0.5) is 5.69 Å². The maximum atomic E-state index is 9.73. The summed E-state index contributed by atoms with van der Waals surface area (Å²) in [5.41, 5.74) is 2.29. The van der Waals surface area contributed by atoms with E-state index >= 15 is 0 Å². The monoisotopic (exact) mass is 300 g/mol.